The number of hydrogen-bond acceptors (Lipinski definition) is 4. The lowest BCUT2D eigenvalue weighted by Crippen LogP contribution is -2.15. The summed E-state index contributed by atoms with van der Waals surface area (Å²) in [6.45, 7) is 0. The first-order chi connectivity index (χ1) is 8.84. The van der Waals surface area contributed by atoms with Gasteiger partial charge < -0.3 is 0 Å². The summed E-state index contributed by atoms with van der Waals surface area (Å²) in [6.07, 6.45) is 3.44. The highest BCUT2D eigenvalue weighted by atomic mass is 32.1. The Bertz CT molecular complexity index is 718. The van der Waals surface area contributed by atoms with Crippen LogP contribution in [0.5, 0.6) is 0 Å². The summed E-state index contributed by atoms with van der Waals surface area (Å²) in [5.74, 6) is 0.631. The summed E-state index contributed by atoms with van der Waals surface area (Å²) in [5, 5.41) is 2.66. The van der Waals surface area contributed by atoms with Crippen molar-refractivity contribution in [2.24, 2.45) is 0 Å². The van der Waals surface area contributed by atoms with Gasteiger partial charge in [-0.25, -0.2) is 4.98 Å². The molecule has 0 N–H and O–H groups in total. The Kier molecular flexibility index (Phi) is 2.74. The highest BCUT2D eigenvalue weighted by Gasteiger charge is 2.07. The van der Waals surface area contributed by atoms with Crippen molar-refractivity contribution in [3.05, 3.63) is 64.5 Å². The van der Waals surface area contributed by atoms with Gasteiger partial charge >= 0.3 is 0 Å². The van der Waals surface area contributed by atoms with E-state index in [1.165, 1.54) is 22.0 Å². The fourth-order valence-corrected chi connectivity index (χ4v) is 2.37. The second-order valence-corrected chi connectivity index (χ2v) is 4.49. The smallest absolute Gasteiger partial charge is 0.256 e. The van der Waals surface area contributed by atoms with E-state index in [0.29, 0.717) is 5.82 Å². The SMILES string of the molecule is O=c1ccccn1-c1csc(-c2ccccn2)n1. The molecule has 0 saturated carbocycles. The van der Waals surface area contributed by atoms with Crippen molar-refractivity contribution in [2.75, 3.05) is 0 Å². The summed E-state index contributed by atoms with van der Waals surface area (Å²) < 4.78 is 1.52. The Balaban J connectivity index is 2.06. The van der Waals surface area contributed by atoms with Crippen molar-refractivity contribution < 1.29 is 0 Å². The third-order valence-corrected chi connectivity index (χ3v) is 3.30. The molecule has 0 saturated heterocycles. The topological polar surface area (TPSA) is 47.8 Å². The third-order valence-electron chi connectivity index (χ3n) is 2.45. The second-order valence-electron chi connectivity index (χ2n) is 3.63. The maximum atomic E-state index is 11.7. The summed E-state index contributed by atoms with van der Waals surface area (Å²) in [7, 11) is 0. The molecule has 4 nitrogen and oxygen atoms in total. The average molecular weight is 255 g/mol. The summed E-state index contributed by atoms with van der Waals surface area (Å²) in [5.41, 5.74) is 0.730. The van der Waals surface area contributed by atoms with Gasteiger partial charge in [-0.2, -0.15) is 0 Å². The van der Waals surface area contributed by atoms with Gasteiger partial charge in [0.05, 0.1) is 5.69 Å². The zero-order valence-electron chi connectivity index (χ0n) is 9.35. The molecule has 3 rings (SSSR count). The minimum Gasteiger partial charge on any atom is -0.269 e. The fraction of sp³-hybridized carbons (Fsp3) is 0. The van der Waals surface area contributed by atoms with Gasteiger partial charge in [-0.15, -0.1) is 11.3 Å². The second kappa shape index (κ2) is 4.54. The van der Waals surface area contributed by atoms with E-state index in [-0.39, 0.29) is 5.56 Å². The zero-order chi connectivity index (χ0) is 12.4. The molecule has 0 amide bonds. The molecule has 0 aromatic carbocycles. The number of rotatable bonds is 2. The first-order valence-electron chi connectivity index (χ1n) is 5.39. The van der Waals surface area contributed by atoms with Gasteiger partial charge in [0.15, 0.2) is 5.82 Å². The highest BCUT2D eigenvalue weighted by molar-refractivity contribution is 7.13. The average Bonchev–Trinajstić information content (AvgIpc) is 2.90. The Morgan fingerprint density at radius 3 is 2.78 bits per heavy atom. The van der Waals surface area contributed by atoms with Gasteiger partial charge in [0.25, 0.3) is 5.56 Å². The fourth-order valence-electron chi connectivity index (χ4n) is 1.60. The minimum absolute atomic E-state index is 0.0876. The van der Waals surface area contributed by atoms with E-state index >= 15 is 0 Å². The third kappa shape index (κ3) is 1.96. The quantitative estimate of drug-likeness (QED) is 0.706. The lowest BCUT2D eigenvalue weighted by atomic mass is 10.4. The number of hydrogen-bond donors (Lipinski definition) is 0. The van der Waals surface area contributed by atoms with Gasteiger partial charge in [0, 0.05) is 23.8 Å². The van der Waals surface area contributed by atoms with Crippen LogP contribution in [0.15, 0.2) is 59.0 Å². The largest absolute Gasteiger partial charge is 0.269 e. The molecule has 0 aliphatic heterocycles. The van der Waals surface area contributed by atoms with Crippen molar-refractivity contribution in [2.45, 2.75) is 0 Å². The molecular formula is C13H9N3OS. The molecule has 0 fully saturated rings. The molecule has 0 aliphatic rings. The van der Waals surface area contributed by atoms with Crippen LogP contribution < -0.4 is 5.56 Å². The highest BCUT2D eigenvalue weighted by Crippen LogP contribution is 2.22. The molecule has 3 aromatic rings. The number of nitrogens with zero attached hydrogens (tertiary/aromatic N) is 3. The predicted octanol–water partition coefficient (Wildman–Crippen LogP) is 2.36. The van der Waals surface area contributed by atoms with Gasteiger partial charge in [-0.1, -0.05) is 12.1 Å². The van der Waals surface area contributed by atoms with Crippen LogP contribution in [-0.2, 0) is 0 Å². The molecule has 5 heteroatoms. The molecular weight excluding hydrogens is 246 g/mol. The maximum absolute atomic E-state index is 11.7. The molecule has 0 spiro atoms. The van der Waals surface area contributed by atoms with Crippen LogP contribution in [0.25, 0.3) is 16.5 Å². The number of thiazole rings is 1. The first-order valence-corrected chi connectivity index (χ1v) is 6.27. The van der Waals surface area contributed by atoms with E-state index in [9.17, 15) is 4.79 Å². The summed E-state index contributed by atoms with van der Waals surface area (Å²) in [6, 6.07) is 10.7. The van der Waals surface area contributed by atoms with E-state index in [1.54, 1.807) is 24.5 Å². The lowest BCUT2D eigenvalue weighted by Gasteiger charge is -1.98. The molecule has 88 valence electrons. The van der Waals surface area contributed by atoms with Crippen LogP contribution in [0.4, 0.5) is 0 Å². The Labute approximate surface area is 107 Å². The van der Waals surface area contributed by atoms with Crippen LogP contribution in [0.1, 0.15) is 0 Å². The zero-order valence-corrected chi connectivity index (χ0v) is 10.2. The van der Waals surface area contributed by atoms with E-state index in [1.807, 2.05) is 23.6 Å². The molecule has 0 aliphatic carbocycles. The van der Waals surface area contributed by atoms with E-state index in [2.05, 4.69) is 9.97 Å². The van der Waals surface area contributed by atoms with Crippen molar-refractivity contribution >= 4 is 11.3 Å². The Hall–Kier alpha value is -2.27. The van der Waals surface area contributed by atoms with Gasteiger partial charge in [0.2, 0.25) is 0 Å². The maximum Gasteiger partial charge on any atom is 0.256 e. The van der Waals surface area contributed by atoms with Crippen LogP contribution in [0, 0.1) is 0 Å². The molecule has 0 radical (unpaired) electrons. The van der Waals surface area contributed by atoms with Crippen LogP contribution in [0.3, 0.4) is 0 Å². The normalized spacial score (nSPS) is 10.4. The van der Waals surface area contributed by atoms with Crippen LogP contribution in [-0.4, -0.2) is 14.5 Å². The van der Waals surface area contributed by atoms with Gasteiger partial charge in [-0.3, -0.25) is 14.3 Å². The summed E-state index contributed by atoms with van der Waals surface area (Å²) >= 11 is 1.47. The molecule has 0 bridgehead atoms. The number of aromatic nitrogens is 3. The number of pyridine rings is 2. The van der Waals surface area contributed by atoms with Crippen molar-refractivity contribution in [1.82, 2.24) is 14.5 Å². The Morgan fingerprint density at radius 2 is 2.00 bits per heavy atom. The van der Waals surface area contributed by atoms with Crippen molar-refractivity contribution in [3.63, 3.8) is 0 Å². The molecule has 3 heterocycles. The molecule has 3 aromatic heterocycles. The van der Waals surface area contributed by atoms with E-state index in [0.717, 1.165) is 10.7 Å². The molecule has 0 atom stereocenters. The van der Waals surface area contributed by atoms with Crippen LogP contribution in [0.2, 0.25) is 0 Å². The van der Waals surface area contributed by atoms with Crippen molar-refractivity contribution in [3.8, 4) is 16.5 Å². The first kappa shape index (κ1) is 10.9. The van der Waals surface area contributed by atoms with Gasteiger partial charge in [0.1, 0.15) is 5.01 Å². The summed E-state index contributed by atoms with van der Waals surface area (Å²) in [4.78, 5) is 20.3. The minimum atomic E-state index is -0.0876. The Morgan fingerprint density at radius 1 is 1.11 bits per heavy atom. The monoisotopic (exact) mass is 255 g/mol. The standard InChI is InChI=1S/C13H9N3OS/c17-12-6-2-4-8-16(12)11-9-18-13(15-11)10-5-1-3-7-14-10/h1-9H. The van der Waals surface area contributed by atoms with Crippen molar-refractivity contribution in [1.29, 1.82) is 0 Å². The van der Waals surface area contributed by atoms with E-state index in [4.69, 9.17) is 0 Å². The van der Waals surface area contributed by atoms with Gasteiger partial charge in [-0.05, 0) is 18.2 Å². The van der Waals surface area contributed by atoms with E-state index < -0.39 is 0 Å². The lowest BCUT2D eigenvalue weighted by molar-refractivity contribution is 0.954. The van der Waals surface area contributed by atoms with Crippen LogP contribution >= 0.6 is 11.3 Å². The molecule has 0 unspecified atom stereocenters. The predicted molar refractivity (Wildman–Crippen MR) is 70.9 cm³/mol. The molecule has 18 heavy (non-hydrogen) atoms.